The van der Waals surface area contributed by atoms with Crippen molar-refractivity contribution in [2.75, 3.05) is 5.32 Å². The number of nitrogens with zero attached hydrogens (tertiary/aromatic N) is 3. The van der Waals surface area contributed by atoms with Gasteiger partial charge in [-0.2, -0.15) is 5.10 Å². The summed E-state index contributed by atoms with van der Waals surface area (Å²) in [5.41, 5.74) is 3.57. The molecule has 0 fully saturated rings. The van der Waals surface area contributed by atoms with Crippen molar-refractivity contribution in [2.45, 2.75) is 31.8 Å². The Bertz CT molecular complexity index is 844. The zero-order valence-corrected chi connectivity index (χ0v) is 14.5. The zero-order chi connectivity index (χ0) is 17.1. The molecule has 1 atom stereocenters. The highest BCUT2D eigenvalue weighted by molar-refractivity contribution is 7.13. The molecule has 0 aliphatic heterocycles. The average Bonchev–Trinajstić information content (AvgIpc) is 3.27. The zero-order valence-electron chi connectivity index (χ0n) is 13.7. The van der Waals surface area contributed by atoms with E-state index in [1.807, 2.05) is 29.8 Å². The van der Waals surface area contributed by atoms with Crippen LogP contribution in [-0.4, -0.2) is 20.8 Å². The van der Waals surface area contributed by atoms with Crippen LogP contribution in [0.4, 0.5) is 9.93 Å². The summed E-state index contributed by atoms with van der Waals surface area (Å²) in [5.74, 6) is 0. The minimum absolute atomic E-state index is 0.00626. The molecular weight excluding hydrogens is 334 g/mol. The van der Waals surface area contributed by atoms with Gasteiger partial charge < -0.3 is 5.32 Å². The second kappa shape index (κ2) is 7.06. The number of anilines is 1. The van der Waals surface area contributed by atoms with Crippen molar-refractivity contribution in [2.24, 2.45) is 0 Å². The van der Waals surface area contributed by atoms with Crippen molar-refractivity contribution in [1.29, 1.82) is 0 Å². The highest BCUT2D eigenvalue weighted by Crippen LogP contribution is 2.30. The van der Waals surface area contributed by atoms with Gasteiger partial charge in [0.15, 0.2) is 5.13 Å². The molecule has 2 aromatic heterocycles. The summed E-state index contributed by atoms with van der Waals surface area (Å²) in [4.78, 5) is 16.3. The van der Waals surface area contributed by atoms with Crippen LogP contribution in [0.2, 0.25) is 0 Å². The van der Waals surface area contributed by atoms with Crippen molar-refractivity contribution in [3.63, 3.8) is 0 Å². The van der Waals surface area contributed by atoms with Gasteiger partial charge in [0.05, 0.1) is 18.8 Å². The van der Waals surface area contributed by atoms with Gasteiger partial charge in [-0.1, -0.05) is 30.3 Å². The van der Waals surface area contributed by atoms with E-state index in [1.54, 1.807) is 6.20 Å². The quantitative estimate of drug-likeness (QED) is 0.753. The molecule has 2 heterocycles. The largest absolute Gasteiger partial charge is 0.331 e. The maximum Gasteiger partial charge on any atom is 0.321 e. The Balaban J connectivity index is 1.48. The molecule has 1 aliphatic rings. The third-order valence-corrected chi connectivity index (χ3v) is 5.08. The molecule has 2 amide bonds. The Morgan fingerprint density at radius 2 is 2.20 bits per heavy atom. The first-order valence-corrected chi connectivity index (χ1v) is 9.23. The topological polar surface area (TPSA) is 71.8 Å². The summed E-state index contributed by atoms with van der Waals surface area (Å²) in [6.07, 6.45) is 6.53. The molecule has 0 radical (unpaired) electrons. The lowest BCUT2D eigenvalue weighted by Crippen LogP contribution is -2.34. The summed E-state index contributed by atoms with van der Waals surface area (Å²) in [6, 6.07) is 10.1. The molecule has 0 spiro atoms. The number of fused-ring (bicyclic) bond motifs is 1. The van der Waals surface area contributed by atoms with Crippen LogP contribution in [0.1, 0.15) is 35.7 Å². The fraction of sp³-hybridized carbons (Fsp3) is 0.278. The number of amides is 2. The maximum atomic E-state index is 12.2. The smallest absolute Gasteiger partial charge is 0.321 e. The summed E-state index contributed by atoms with van der Waals surface area (Å²) < 4.78 is 2.05. The van der Waals surface area contributed by atoms with Crippen molar-refractivity contribution in [1.82, 2.24) is 20.1 Å². The first-order chi connectivity index (χ1) is 12.3. The van der Waals surface area contributed by atoms with Gasteiger partial charge in [0, 0.05) is 22.8 Å². The second-order valence-electron chi connectivity index (χ2n) is 6.07. The molecule has 3 aromatic rings. The fourth-order valence-electron chi connectivity index (χ4n) is 3.24. The monoisotopic (exact) mass is 353 g/mol. The van der Waals surface area contributed by atoms with E-state index in [1.165, 1.54) is 22.6 Å². The van der Waals surface area contributed by atoms with Crippen molar-refractivity contribution < 1.29 is 4.79 Å². The number of carbonyl (C=O) groups excluding carboxylic acids is 1. The number of urea groups is 1. The van der Waals surface area contributed by atoms with E-state index >= 15 is 0 Å². The molecule has 25 heavy (non-hydrogen) atoms. The standard InChI is InChI=1S/C18H19N5OS/c24-17(22-18-19-9-10-25-18)21-15-7-4-8-16-14(15)11-20-23(16)12-13-5-2-1-3-6-13/h1-3,5-6,9-11,15H,4,7-8,12H2,(H2,19,21,22,24)/t15-/m0/s1. The van der Waals surface area contributed by atoms with Gasteiger partial charge in [-0.15, -0.1) is 11.3 Å². The molecule has 0 saturated carbocycles. The van der Waals surface area contributed by atoms with E-state index < -0.39 is 0 Å². The molecule has 0 saturated heterocycles. The molecule has 1 aliphatic carbocycles. The Labute approximate surface area is 149 Å². The lowest BCUT2D eigenvalue weighted by atomic mass is 9.93. The van der Waals surface area contributed by atoms with E-state index in [-0.39, 0.29) is 12.1 Å². The third-order valence-electron chi connectivity index (χ3n) is 4.40. The molecular formula is C18H19N5OS. The Morgan fingerprint density at radius 3 is 3.00 bits per heavy atom. The number of benzene rings is 1. The van der Waals surface area contributed by atoms with Gasteiger partial charge in [-0.3, -0.25) is 10.00 Å². The number of hydrogen-bond acceptors (Lipinski definition) is 4. The van der Waals surface area contributed by atoms with Gasteiger partial charge in [0.2, 0.25) is 0 Å². The van der Waals surface area contributed by atoms with Gasteiger partial charge in [-0.25, -0.2) is 9.78 Å². The van der Waals surface area contributed by atoms with Crippen LogP contribution in [0, 0.1) is 0 Å². The number of thiazole rings is 1. The molecule has 7 heteroatoms. The van der Waals surface area contributed by atoms with Crippen molar-refractivity contribution in [3.8, 4) is 0 Å². The van der Waals surface area contributed by atoms with E-state index in [2.05, 4.69) is 37.5 Å². The third kappa shape index (κ3) is 3.56. The minimum atomic E-state index is -0.219. The predicted molar refractivity (Wildman–Crippen MR) is 97.7 cm³/mol. The molecule has 0 bridgehead atoms. The van der Waals surface area contributed by atoms with Crippen LogP contribution in [0.15, 0.2) is 48.1 Å². The number of carbonyl (C=O) groups is 1. The predicted octanol–water partition coefficient (Wildman–Crippen LogP) is 3.59. The van der Waals surface area contributed by atoms with Crippen LogP contribution in [-0.2, 0) is 13.0 Å². The van der Waals surface area contributed by atoms with E-state index in [4.69, 9.17) is 0 Å². The SMILES string of the molecule is O=C(Nc1nccs1)N[C@H]1CCCc2c1cnn2Cc1ccccc1. The van der Waals surface area contributed by atoms with Gasteiger partial charge in [0.1, 0.15) is 0 Å². The summed E-state index contributed by atoms with van der Waals surface area (Å²) in [7, 11) is 0. The average molecular weight is 353 g/mol. The molecule has 128 valence electrons. The van der Waals surface area contributed by atoms with Gasteiger partial charge >= 0.3 is 6.03 Å². The first-order valence-electron chi connectivity index (χ1n) is 8.35. The highest BCUT2D eigenvalue weighted by atomic mass is 32.1. The Kier molecular flexibility index (Phi) is 4.47. The minimum Gasteiger partial charge on any atom is -0.331 e. The normalized spacial score (nSPS) is 16.2. The maximum absolute atomic E-state index is 12.2. The lowest BCUT2D eigenvalue weighted by Gasteiger charge is -2.24. The van der Waals surface area contributed by atoms with Crippen LogP contribution in [0.5, 0.6) is 0 Å². The van der Waals surface area contributed by atoms with E-state index in [9.17, 15) is 4.79 Å². The molecule has 4 rings (SSSR count). The van der Waals surface area contributed by atoms with E-state index in [0.717, 1.165) is 31.4 Å². The van der Waals surface area contributed by atoms with Crippen LogP contribution < -0.4 is 10.6 Å². The molecule has 6 nitrogen and oxygen atoms in total. The Hall–Kier alpha value is -2.67. The van der Waals surface area contributed by atoms with Gasteiger partial charge in [-0.05, 0) is 24.8 Å². The number of aromatic nitrogens is 3. The first kappa shape index (κ1) is 15.8. The second-order valence-corrected chi connectivity index (χ2v) is 6.96. The number of nitrogens with one attached hydrogen (secondary N) is 2. The van der Waals surface area contributed by atoms with Crippen LogP contribution in [0.25, 0.3) is 0 Å². The number of hydrogen-bond donors (Lipinski definition) is 2. The summed E-state index contributed by atoms with van der Waals surface area (Å²) in [6.45, 7) is 0.758. The van der Waals surface area contributed by atoms with Crippen molar-refractivity contribution >= 4 is 22.5 Å². The molecule has 0 unspecified atom stereocenters. The van der Waals surface area contributed by atoms with E-state index in [0.29, 0.717) is 5.13 Å². The van der Waals surface area contributed by atoms with Crippen LogP contribution in [0.3, 0.4) is 0 Å². The van der Waals surface area contributed by atoms with Crippen LogP contribution >= 0.6 is 11.3 Å². The highest BCUT2D eigenvalue weighted by Gasteiger charge is 2.25. The Morgan fingerprint density at radius 1 is 1.32 bits per heavy atom. The van der Waals surface area contributed by atoms with Crippen molar-refractivity contribution in [3.05, 3.63) is 64.9 Å². The molecule has 1 aromatic carbocycles. The lowest BCUT2D eigenvalue weighted by molar-refractivity contribution is 0.247. The molecule has 2 N–H and O–H groups in total. The fourth-order valence-corrected chi connectivity index (χ4v) is 3.76. The summed E-state index contributed by atoms with van der Waals surface area (Å²) >= 11 is 1.40. The van der Waals surface area contributed by atoms with Gasteiger partial charge in [0.25, 0.3) is 0 Å². The summed E-state index contributed by atoms with van der Waals surface area (Å²) in [5, 5.41) is 12.8. The number of rotatable bonds is 4.